The zero-order valence-electron chi connectivity index (χ0n) is 14.4. The van der Waals surface area contributed by atoms with Gasteiger partial charge in [0.1, 0.15) is 6.04 Å². The highest BCUT2D eigenvalue weighted by atomic mass is 16.5. The minimum atomic E-state index is -0.848. The molecule has 3 N–H and O–H groups in total. The molecule has 0 aromatic heterocycles. The van der Waals surface area contributed by atoms with E-state index >= 15 is 0 Å². The van der Waals surface area contributed by atoms with Gasteiger partial charge in [-0.2, -0.15) is 0 Å². The number of rotatable bonds is 8. The van der Waals surface area contributed by atoms with Gasteiger partial charge in [-0.1, -0.05) is 55.8 Å². The van der Waals surface area contributed by atoms with Crippen LogP contribution in [0.2, 0.25) is 0 Å². The minimum Gasteiger partial charge on any atom is -0.340 e. The van der Waals surface area contributed by atoms with Crippen LogP contribution in [0.1, 0.15) is 41.3 Å². The molecule has 0 unspecified atom stereocenters. The van der Waals surface area contributed by atoms with Crippen molar-refractivity contribution in [1.29, 1.82) is 0 Å². The normalized spacial score (nSPS) is 11.6. The van der Waals surface area contributed by atoms with Crippen molar-refractivity contribution in [2.24, 2.45) is 0 Å². The molecule has 0 saturated carbocycles. The van der Waals surface area contributed by atoms with Gasteiger partial charge in [-0.15, -0.1) is 0 Å². The first kappa shape index (κ1) is 18.7. The van der Waals surface area contributed by atoms with Crippen molar-refractivity contribution in [2.75, 3.05) is 0 Å². The van der Waals surface area contributed by atoms with E-state index in [1.165, 1.54) is 5.56 Å². The van der Waals surface area contributed by atoms with Crippen LogP contribution in [0, 0.1) is 0 Å². The van der Waals surface area contributed by atoms with Crippen LogP contribution in [0.3, 0.4) is 0 Å². The number of hydrogen-bond donors (Lipinski definition) is 3. The summed E-state index contributed by atoms with van der Waals surface area (Å²) < 4.78 is 0. The Hall–Kier alpha value is -2.66. The summed E-state index contributed by atoms with van der Waals surface area (Å²) in [6, 6.07) is 15.9. The first-order chi connectivity index (χ1) is 12.1. The number of nitrogens with one attached hydrogen (secondary N) is 2. The van der Waals surface area contributed by atoms with Crippen LogP contribution in [0.15, 0.2) is 54.6 Å². The van der Waals surface area contributed by atoms with Gasteiger partial charge in [0.05, 0.1) is 0 Å². The third kappa shape index (κ3) is 5.72. The molecular formula is C20H24N2O3. The van der Waals surface area contributed by atoms with Gasteiger partial charge in [0.25, 0.3) is 11.8 Å². The van der Waals surface area contributed by atoms with Gasteiger partial charge < -0.3 is 5.32 Å². The molecule has 0 aliphatic heterocycles. The summed E-state index contributed by atoms with van der Waals surface area (Å²) in [6.45, 7) is 2.14. The van der Waals surface area contributed by atoms with Crippen LogP contribution in [-0.2, 0) is 17.6 Å². The molecule has 2 aromatic rings. The molecule has 2 aromatic carbocycles. The van der Waals surface area contributed by atoms with Crippen molar-refractivity contribution >= 4 is 11.8 Å². The summed E-state index contributed by atoms with van der Waals surface area (Å²) in [5.41, 5.74) is 4.19. The van der Waals surface area contributed by atoms with E-state index in [-0.39, 0.29) is 5.91 Å². The summed E-state index contributed by atoms with van der Waals surface area (Å²) in [7, 11) is 0. The summed E-state index contributed by atoms with van der Waals surface area (Å²) in [4.78, 5) is 24.3. The fraction of sp³-hybridized carbons (Fsp3) is 0.300. The Morgan fingerprint density at radius 3 is 2.28 bits per heavy atom. The van der Waals surface area contributed by atoms with Crippen LogP contribution >= 0.6 is 0 Å². The van der Waals surface area contributed by atoms with E-state index in [2.05, 4.69) is 12.2 Å². The van der Waals surface area contributed by atoms with E-state index < -0.39 is 11.9 Å². The second-order valence-corrected chi connectivity index (χ2v) is 5.99. The van der Waals surface area contributed by atoms with Gasteiger partial charge in [0, 0.05) is 12.0 Å². The number of hydroxylamine groups is 1. The lowest BCUT2D eigenvalue weighted by molar-refractivity contribution is -0.131. The standard InChI is InChI=1S/C20H24N2O3/c1-2-3-7-15-10-12-17(13-11-15)19(23)21-18(20(24)22-25)14-16-8-5-4-6-9-16/h4-6,8-13,18,25H,2-3,7,14H2,1H3,(H,21,23)(H,22,24)/t18-/m1/s1. The molecule has 0 fully saturated rings. The smallest absolute Gasteiger partial charge is 0.266 e. The molecule has 0 radical (unpaired) electrons. The zero-order chi connectivity index (χ0) is 18.1. The first-order valence-corrected chi connectivity index (χ1v) is 8.51. The maximum Gasteiger partial charge on any atom is 0.266 e. The molecule has 5 nitrogen and oxygen atoms in total. The number of hydrogen-bond acceptors (Lipinski definition) is 3. The third-order valence-electron chi connectivity index (χ3n) is 4.05. The summed E-state index contributed by atoms with van der Waals surface area (Å²) in [5, 5.41) is 11.6. The summed E-state index contributed by atoms with van der Waals surface area (Å²) >= 11 is 0. The van der Waals surface area contributed by atoms with E-state index in [0.29, 0.717) is 12.0 Å². The maximum atomic E-state index is 12.4. The highest BCUT2D eigenvalue weighted by Gasteiger charge is 2.21. The molecule has 2 rings (SSSR count). The van der Waals surface area contributed by atoms with Crippen molar-refractivity contribution in [2.45, 2.75) is 38.6 Å². The van der Waals surface area contributed by atoms with Crippen LogP contribution in [0.25, 0.3) is 0 Å². The van der Waals surface area contributed by atoms with E-state index in [4.69, 9.17) is 5.21 Å². The first-order valence-electron chi connectivity index (χ1n) is 8.51. The largest absolute Gasteiger partial charge is 0.340 e. The second-order valence-electron chi connectivity index (χ2n) is 5.99. The fourth-order valence-corrected chi connectivity index (χ4v) is 2.58. The maximum absolute atomic E-state index is 12.4. The van der Waals surface area contributed by atoms with Crippen LogP contribution in [0.4, 0.5) is 0 Å². The van der Waals surface area contributed by atoms with Crippen molar-refractivity contribution in [3.05, 3.63) is 71.3 Å². The number of unbranched alkanes of at least 4 members (excludes halogenated alkanes) is 1. The Labute approximate surface area is 148 Å². The Balaban J connectivity index is 2.04. The van der Waals surface area contributed by atoms with Gasteiger partial charge in [-0.25, -0.2) is 5.48 Å². The average Bonchev–Trinajstić information content (AvgIpc) is 2.66. The van der Waals surface area contributed by atoms with Crippen LogP contribution < -0.4 is 10.8 Å². The molecule has 0 spiro atoms. The van der Waals surface area contributed by atoms with Gasteiger partial charge in [-0.05, 0) is 36.1 Å². The van der Waals surface area contributed by atoms with Crippen molar-refractivity contribution in [3.63, 3.8) is 0 Å². The van der Waals surface area contributed by atoms with Gasteiger partial charge in [0.15, 0.2) is 0 Å². The molecule has 0 bridgehead atoms. The molecule has 0 aliphatic rings. The number of benzene rings is 2. The van der Waals surface area contributed by atoms with E-state index in [0.717, 1.165) is 24.8 Å². The van der Waals surface area contributed by atoms with Crippen molar-refractivity contribution in [1.82, 2.24) is 10.8 Å². The lowest BCUT2D eigenvalue weighted by atomic mass is 10.0. The molecule has 2 amide bonds. The lowest BCUT2D eigenvalue weighted by Gasteiger charge is -2.17. The molecule has 1 atom stereocenters. The average molecular weight is 340 g/mol. The molecule has 5 heteroatoms. The number of amides is 2. The molecule has 0 saturated heterocycles. The monoisotopic (exact) mass is 340 g/mol. The molecule has 25 heavy (non-hydrogen) atoms. The Kier molecular flexibility index (Phi) is 7.16. The molecule has 0 heterocycles. The minimum absolute atomic E-state index is 0.299. The number of aryl methyl sites for hydroxylation is 1. The van der Waals surface area contributed by atoms with Crippen molar-refractivity contribution < 1.29 is 14.8 Å². The Morgan fingerprint density at radius 2 is 1.68 bits per heavy atom. The highest BCUT2D eigenvalue weighted by Crippen LogP contribution is 2.09. The Morgan fingerprint density at radius 1 is 1.00 bits per heavy atom. The third-order valence-corrected chi connectivity index (χ3v) is 4.05. The Bertz CT molecular complexity index is 684. The van der Waals surface area contributed by atoms with Crippen LogP contribution in [-0.4, -0.2) is 23.1 Å². The SMILES string of the molecule is CCCCc1ccc(C(=O)N[C@H](Cc2ccccc2)C(=O)NO)cc1. The van der Waals surface area contributed by atoms with Crippen molar-refractivity contribution in [3.8, 4) is 0 Å². The summed E-state index contributed by atoms with van der Waals surface area (Å²) in [6.07, 6.45) is 3.52. The van der Waals surface area contributed by atoms with E-state index in [1.807, 2.05) is 42.5 Å². The van der Waals surface area contributed by atoms with E-state index in [1.54, 1.807) is 17.6 Å². The number of carbonyl (C=O) groups excluding carboxylic acids is 2. The molecule has 0 aliphatic carbocycles. The molecule has 132 valence electrons. The number of carbonyl (C=O) groups is 2. The zero-order valence-corrected chi connectivity index (χ0v) is 14.4. The fourth-order valence-electron chi connectivity index (χ4n) is 2.58. The quantitative estimate of drug-likeness (QED) is 0.511. The predicted molar refractivity (Wildman–Crippen MR) is 96.4 cm³/mol. The lowest BCUT2D eigenvalue weighted by Crippen LogP contribution is -2.47. The van der Waals surface area contributed by atoms with E-state index in [9.17, 15) is 9.59 Å². The highest BCUT2D eigenvalue weighted by molar-refractivity contribution is 5.97. The van der Waals surface area contributed by atoms with Gasteiger partial charge in [-0.3, -0.25) is 14.8 Å². The summed E-state index contributed by atoms with van der Waals surface area (Å²) in [5.74, 6) is -0.983. The van der Waals surface area contributed by atoms with Gasteiger partial charge in [0.2, 0.25) is 0 Å². The molecular weight excluding hydrogens is 316 g/mol. The van der Waals surface area contributed by atoms with Crippen LogP contribution in [0.5, 0.6) is 0 Å². The van der Waals surface area contributed by atoms with Gasteiger partial charge >= 0.3 is 0 Å². The topological polar surface area (TPSA) is 78.4 Å². The predicted octanol–water partition coefficient (Wildman–Crippen LogP) is 2.88. The second kappa shape index (κ2) is 9.59.